The molecule has 0 aromatic rings. The van der Waals surface area contributed by atoms with Crippen molar-refractivity contribution in [1.82, 2.24) is 0 Å². The molecule has 3 fully saturated rings. The Morgan fingerprint density at radius 1 is 1.00 bits per heavy atom. The zero-order chi connectivity index (χ0) is 17.9. The third kappa shape index (κ3) is 3.78. The van der Waals surface area contributed by atoms with Crippen LogP contribution in [0.15, 0.2) is 0 Å². The molecule has 3 heterocycles. The fourth-order valence-corrected chi connectivity index (χ4v) is 3.18. The Morgan fingerprint density at radius 3 is 2.17 bits per heavy atom. The molecule has 7 nitrogen and oxygen atoms in total. The molecule has 1 N–H and O–H groups in total. The molecule has 138 valence electrons. The minimum atomic E-state index is -1.99. The summed E-state index contributed by atoms with van der Waals surface area (Å²) in [6.45, 7) is 7.56. The molecule has 0 radical (unpaired) electrons. The van der Waals surface area contributed by atoms with E-state index >= 15 is 0 Å². The predicted octanol–water partition coefficient (Wildman–Crippen LogP) is 2.75. The van der Waals surface area contributed by atoms with Gasteiger partial charge in [-0.25, -0.2) is 0 Å². The van der Waals surface area contributed by atoms with E-state index in [1.54, 1.807) is 13.8 Å². The fourth-order valence-electron chi connectivity index (χ4n) is 3.05. The third-order valence-electron chi connectivity index (χ3n) is 3.94. The molecule has 0 aromatic carbocycles. The van der Waals surface area contributed by atoms with Gasteiger partial charge in [0, 0.05) is 0 Å². The maximum Gasteiger partial charge on any atom is 0.265 e. The highest BCUT2D eigenvalue weighted by atomic mass is 35.6. The van der Waals surface area contributed by atoms with Crippen LogP contribution in [0.25, 0.3) is 0 Å². The van der Waals surface area contributed by atoms with E-state index in [1.165, 1.54) is 0 Å². The van der Waals surface area contributed by atoms with Crippen molar-refractivity contribution in [1.29, 1.82) is 5.41 Å². The normalized spacial score (nSPS) is 40.5. The summed E-state index contributed by atoms with van der Waals surface area (Å²) in [5.41, 5.74) is 0. The van der Waals surface area contributed by atoms with Gasteiger partial charge >= 0.3 is 0 Å². The largest absolute Gasteiger partial charge is 0.445 e. The first-order valence-electron chi connectivity index (χ1n) is 7.53. The summed E-state index contributed by atoms with van der Waals surface area (Å²) in [7, 11) is 0. The van der Waals surface area contributed by atoms with Gasteiger partial charge < -0.3 is 28.4 Å². The monoisotopic (exact) mass is 403 g/mol. The first-order chi connectivity index (χ1) is 10.9. The lowest BCUT2D eigenvalue weighted by Crippen LogP contribution is -2.40. The van der Waals surface area contributed by atoms with Crippen molar-refractivity contribution in [2.75, 3.05) is 6.61 Å². The molecular weight excluding hydrogens is 385 g/mol. The molecule has 3 aliphatic heterocycles. The molecule has 3 aliphatic rings. The van der Waals surface area contributed by atoms with Crippen LogP contribution in [0.3, 0.4) is 0 Å². The summed E-state index contributed by atoms with van der Waals surface area (Å²) < 4.78 is 32.5. The van der Waals surface area contributed by atoms with Gasteiger partial charge in [-0.1, -0.05) is 34.8 Å². The molecule has 0 aromatic heterocycles. The van der Waals surface area contributed by atoms with Gasteiger partial charge in [-0.15, -0.1) is 0 Å². The van der Waals surface area contributed by atoms with E-state index < -0.39 is 45.9 Å². The Bertz CT molecular complexity index is 523. The average molecular weight is 405 g/mol. The molecule has 5 atom stereocenters. The second-order valence-corrected chi connectivity index (χ2v) is 9.13. The number of halogens is 3. The van der Waals surface area contributed by atoms with Crippen molar-refractivity contribution in [3.8, 4) is 0 Å². The summed E-state index contributed by atoms with van der Waals surface area (Å²) >= 11 is 17.0. The van der Waals surface area contributed by atoms with E-state index in [1.807, 2.05) is 13.8 Å². The SMILES string of the molecule is CC1(C)OCC([C@H]2OC(OC(=N)C(Cl)(Cl)Cl)C3OC(C)(C)O[C@@H]32)O1. The number of hydrogen-bond acceptors (Lipinski definition) is 7. The van der Waals surface area contributed by atoms with Gasteiger partial charge in [0.1, 0.15) is 18.3 Å². The van der Waals surface area contributed by atoms with Crippen molar-refractivity contribution in [3.05, 3.63) is 0 Å². The lowest BCUT2D eigenvalue weighted by Gasteiger charge is -2.27. The number of nitrogens with one attached hydrogen (secondary N) is 1. The Morgan fingerprint density at radius 2 is 1.62 bits per heavy atom. The topological polar surface area (TPSA) is 79.2 Å². The molecular formula is C14H20Cl3NO6. The Labute approximate surface area is 155 Å². The third-order valence-corrected chi connectivity index (χ3v) is 4.45. The van der Waals surface area contributed by atoms with Crippen LogP contribution in [0.5, 0.6) is 0 Å². The quantitative estimate of drug-likeness (QED) is 0.433. The minimum Gasteiger partial charge on any atom is -0.445 e. The summed E-state index contributed by atoms with van der Waals surface area (Å²) in [4.78, 5) is 0. The number of ether oxygens (including phenoxy) is 6. The summed E-state index contributed by atoms with van der Waals surface area (Å²) in [5.74, 6) is -2.08. The molecule has 0 amide bonds. The molecule has 0 spiro atoms. The fraction of sp³-hybridized carbons (Fsp3) is 0.929. The Balaban J connectivity index is 1.76. The van der Waals surface area contributed by atoms with Gasteiger partial charge in [0.2, 0.25) is 12.2 Å². The molecule has 0 aliphatic carbocycles. The van der Waals surface area contributed by atoms with E-state index in [0.717, 1.165) is 0 Å². The van der Waals surface area contributed by atoms with E-state index in [4.69, 9.17) is 68.6 Å². The highest BCUT2D eigenvalue weighted by molar-refractivity contribution is 6.76. The molecule has 3 rings (SSSR count). The molecule has 0 bridgehead atoms. The van der Waals surface area contributed by atoms with E-state index in [9.17, 15) is 0 Å². The summed E-state index contributed by atoms with van der Waals surface area (Å²) in [5, 5.41) is 7.74. The number of rotatable bonds is 2. The van der Waals surface area contributed by atoms with Gasteiger partial charge in [0.05, 0.1) is 6.61 Å². The van der Waals surface area contributed by atoms with Crippen LogP contribution in [0.1, 0.15) is 27.7 Å². The van der Waals surface area contributed by atoms with Crippen LogP contribution in [0.2, 0.25) is 0 Å². The Hall–Kier alpha value is 0.140. The first-order valence-corrected chi connectivity index (χ1v) is 8.67. The molecule has 0 saturated carbocycles. The second-order valence-electron chi connectivity index (χ2n) is 6.85. The minimum absolute atomic E-state index is 0.347. The molecule has 10 heteroatoms. The maximum atomic E-state index is 7.74. The zero-order valence-corrected chi connectivity index (χ0v) is 15.9. The highest BCUT2D eigenvalue weighted by Crippen LogP contribution is 2.43. The summed E-state index contributed by atoms with van der Waals surface area (Å²) in [6, 6.07) is 0. The summed E-state index contributed by atoms with van der Waals surface area (Å²) in [6.07, 6.45) is -2.83. The average Bonchev–Trinajstić information content (AvgIpc) is 3.00. The number of alkyl halides is 3. The Kier molecular flexibility index (Phi) is 4.80. The van der Waals surface area contributed by atoms with Gasteiger partial charge in [-0.3, -0.25) is 5.41 Å². The van der Waals surface area contributed by atoms with Crippen molar-refractivity contribution < 1.29 is 28.4 Å². The second kappa shape index (κ2) is 6.09. The van der Waals surface area contributed by atoms with Crippen molar-refractivity contribution in [3.63, 3.8) is 0 Å². The van der Waals surface area contributed by atoms with Crippen LogP contribution in [0, 0.1) is 5.41 Å². The predicted molar refractivity (Wildman–Crippen MR) is 86.5 cm³/mol. The van der Waals surface area contributed by atoms with Gasteiger partial charge in [-0.2, -0.15) is 0 Å². The molecule has 3 saturated heterocycles. The highest BCUT2D eigenvalue weighted by Gasteiger charge is 2.60. The van der Waals surface area contributed by atoms with Crippen LogP contribution in [0.4, 0.5) is 0 Å². The van der Waals surface area contributed by atoms with Crippen molar-refractivity contribution in [2.45, 2.75) is 73.8 Å². The molecule has 24 heavy (non-hydrogen) atoms. The van der Waals surface area contributed by atoms with Crippen molar-refractivity contribution in [2.24, 2.45) is 0 Å². The van der Waals surface area contributed by atoms with E-state index in [0.29, 0.717) is 6.61 Å². The number of fused-ring (bicyclic) bond motifs is 1. The van der Waals surface area contributed by atoms with Crippen LogP contribution in [-0.2, 0) is 28.4 Å². The first kappa shape index (κ1) is 18.9. The molecule has 3 unspecified atom stereocenters. The lowest BCUT2D eigenvalue weighted by molar-refractivity contribution is -0.232. The van der Waals surface area contributed by atoms with Crippen LogP contribution in [-0.4, -0.2) is 58.6 Å². The lowest BCUT2D eigenvalue weighted by atomic mass is 10.1. The standard InChI is InChI=1S/C14H20Cl3NO6/c1-12(2)19-5-6(22-12)7-8-9(24-13(3,4)23-8)10(20-7)21-11(18)14(15,16)17/h6-10,18H,5H2,1-4H3/t6?,7-,8-,9?,10?/m1/s1. The van der Waals surface area contributed by atoms with Crippen LogP contribution < -0.4 is 0 Å². The van der Waals surface area contributed by atoms with E-state index in [-0.39, 0.29) is 6.10 Å². The zero-order valence-electron chi connectivity index (χ0n) is 13.7. The van der Waals surface area contributed by atoms with Gasteiger partial charge in [-0.05, 0) is 27.7 Å². The maximum absolute atomic E-state index is 7.74. The van der Waals surface area contributed by atoms with E-state index in [2.05, 4.69) is 0 Å². The number of hydrogen-bond donors (Lipinski definition) is 1. The van der Waals surface area contributed by atoms with Crippen molar-refractivity contribution >= 4 is 40.7 Å². The van der Waals surface area contributed by atoms with Gasteiger partial charge in [0.25, 0.3) is 3.79 Å². The smallest absolute Gasteiger partial charge is 0.265 e. The van der Waals surface area contributed by atoms with Crippen LogP contribution >= 0.6 is 34.8 Å². The van der Waals surface area contributed by atoms with Gasteiger partial charge in [0.15, 0.2) is 17.7 Å².